The number of ether oxygens (including phenoxy) is 1. The van der Waals surface area contributed by atoms with Gasteiger partial charge in [0.15, 0.2) is 5.82 Å². The fraction of sp³-hybridized carbons (Fsp3) is 0. The third-order valence-electron chi connectivity index (χ3n) is 1.88. The van der Waals surface area contributed by atoms with Crippen molar-refractivity contribution in [2.45, 2.75) is 0 Å². The summed E-state index contributed by atoms with van der Waals surface area (Å²) in [5.74, 6) is 6.27. The third kappa shape index (κ3) is 2.76. The Morgan fingerprint density at radius 2 is 2.12 bits per heavy atom. The number of rotatable bonds is 3. The minimum Gasteiger partial charge on any atom is -0.436 e. The van der Waals surface area contributed by atoms with Crippen molar-refractivity contribution in [1.29, 1.82) is 0 Å². The molecule has 0 saturated carbocycles. The zero-order chi connectivity index (χ0) is 12.3. The summed E-state index contributed by atoms with van der Waals surface area (Å²) in [4.78, 5) is 7.94. The van der Waals surface area contributed by atoms with Crippen molar-refractivity contribution in [2.75, 3.05) is 5.43 Å². The Balaban J connectivity index is 2.33. The van der Waals surface area contributed by atoms with Crippen molar-refractivity contribution >= 4 is 29.0 Å². The molecule has 0 atom stereocenters. The average molecular weight is 271 g/mol. The monoisotopic (exact) mass is 270 g/mol. The van der Waals surface area contributed by atoms with Crippen molar-refractivity contribution in [3.63, 3.8) is 0 Å². The van der Waals surface area contributed by atoms with E-state index in [4.69, 9.17) is 33.8 Å². The average Bonchev–Trinajstić information content (AvgIpc) is 2.34. The van der Waals surface area contributed by atoms with Crippen LogP contribution in [0.4, 0.5) is 5.82 Å². The molecule has 2 rings (SSSR count). The predicted molar refractivity (Wildman–Crippen MR) is 66.4 cm³/mol. The lowest BCUT2D eigenvalue weighted by Gasteiger charge is -2.09. The van der Waals surface area contributed by atoms with Gasteiger partial charge in [0.05, 0.1) is 11.2 Å². The van der Waals surface area contributed by atoms with Gasteiger partial charge in [-0.15, -0.1) is 0 Å². The summed E-state index contributed by atoms with van der Waals surface area (Å²) < 4.78 is 5.45. The van der Waals surface area contributed by atoms with Gasteiger partial charge >= 0.3 is 0 Å². The van der Waals surface area contributed by atoms with E-state index in [1.54, 1.807) is 24.5 Å². The summed E-state index contributed by atoms with van der Waals surface area (Å²) in [6.45, 7) is 0. The molecule has 0 aliphatic carbocycles. The molecule has 7 heteroatoms. The number of anilines is 1. The lowest BCUT2D eigenvalue weighted by Crippen LogP contribution is -2.09. The molecule has 2 heterocycles. The number of hydrogen-bond donors (Lipinski definition) is 2. The van der Waals surface area contributed by atoms with Crippen LogP contribution in [0.3, 0.4) is 0 Å². The number of nitrogens with one attached hydrogen (secondary N) is 1. The summed E-state index contributed by atoms with van der Waals surface area (Å²) >= 11 is 11.8. The van der Waals surface area contributed by atoms with E-state index in [0.29, 0.717) is 10.8 Å². The van der Waals surface area contributed by atoms with E-state index >= 15 is 0 Å². The molecular formula is C10H8Cl2N4O. The van der Waals surface area contributed by atoms with Crippen molar-refractivity contribution in [2.24, 2.45) is 5.84 Å². The lowest BCUT2D eigenvalue weighted by molar-refractivity contribution is 0.462. The molecular weight excluding hydrogens is 263 g/mol. The van der Waals surface area contributed by atoms with Crippen LogP contribution in [0.5, 0.6) is 11.6 Å². The van der Waals surface area contributed by atoms with Gasteiger partial charge in [-0.3, -0.25) is 4.98 Å². The van der Waals surface area contributed by atoms with Crippen molar-refractivity contribution < 1.29 is 4.74 Å². The highest BCUT2D eigenvalue weighted by molar-refractivity contribution is 6.36. The van der Waals surface area contributed by atoms with Crippen LogP contribution in [0.2, 0.25) is 10.0 Å². The summed E-state index contributed by atoms with van der Waals surface area (Å²) in [5, 5.41) is 0.605. The molecule has 5 nitrogen and oxygen atoms in total. The van der Waals surface area contributed by atoms with Crippen molar-refractivity contribution in [1.82, 2.24) is 9.97 Å². The summed E-state index contributed by atoms with van der Waals surface area (Å²) in [6, 6.07) is 4.97. The Kier molecular flexibility index (Phi) is 3.63. The number of nitrogens with zero attached hydrogens (tertiary/aromatic N) is 2. The number of pyridine rings is 2. The normalized spacial score (nSPS) is 10.1. The van der Waals surface area contributed by atoms with Crippen LogP contribution in [0.1, 0.15) is 0 Å². The first-order chi connectivity index (χ1) is 8.20. The molecule has 0 bridgehead atoms. The van der Waals surface area contributed by atoms with E-state index in [1.165, 1.54) is 6.07 Å². The molecule has 3 N–H and O–H groups in total. The maximum Gasteiger partial charge on any atom is 0.240 e. The zero-order valence-electron chi connectivity index (χ0n) is 8.52. The molecule has 0 radical (unpaired) electrons. The summed E-state index contributed by atoms with van der Waals surface area (Å²) in [6.07, 6.45) is 3.18. The smallest absolute Gasteiger partial charge is 0.240 e. The number of nitrogen functional groups attached to an aromatic ring is 1. The lowest BCUT2D eigenvalue weighted by atomic mass is 10.4. The highest BCUT2D eigenvalue weighted by atomic mass is 35.5. The van der Waals surface area contributed by atoms with E-state index in [1.807, 2.05) is 0 Å². The van der Waals surface area contributed by atoms with Crippen LogP contribution in [0.25, 0.3) is 0 Å². The molecule has 0 aliphatic heterocycles. The highest BCUT2D eigenvalue weighted by Crippen LogP contribution is 2.32. The Morgan fingerprint density at radius 1 is 1.29 bits per heavy atom. The van der Waals surface area contributed by atoms with Gasteiger partial charge in [-0.1, -0.05) is 23.2 Å². The maximum atomic E-state index is 5.95. The number of halogens is 2. The number of nitrogens with two attached hydrogens (primary N) is 1. The van der Waals surface area contributed by atoms with Crippen molar-refractivity contribution in [3.05, 3.63) is 40.6 Å². The Bertz CT molecular complexity index is 521. The van der Waals surface area contributed by atoms with Gasteiger partial charge < -0.3 is 10.2 Å². The molecule has 88 valence electrons. The first-order valence-corrected chi connectivity index (χ1v) is 5.37. The molecule has 2 aromatic rings. The van der Waals surface area contributed by atoms with Gasteiger partial charge in [-0.05, 0) is 18.2 Å². The van der Waals surface area contributed by atoms with Gasteiger partial charge in [0, 0.05) is 6.20 Å². The molecule has 0 spiro atoms. The molecule has 2 aromatic heterocycles. The summed E-state index contributed by atoms with van der Waals surface area (Å²) in [5.41, 5.74) is 2.35. The van der Waals surface area contributed by atoms with E-state index in [-0.39, 0.29) is 16.7 Å². The second-order valence-corrected chi connectivity index (χ2v) is 3.86. The largest absolute Gasteiger partial charge is 0.436 e. The van der Waals surface area contributed by atoms with E-state index in [2.05, 4.69) is 15.4 Å². The van der Waals surface area contributed by atoms with Crippen LogP contribution < -0.4 is 16.0 Å². The standard InChI is InChI=1S/C10H8Cl2N4O/c11-7-4-8(12)10(15-9(7)16-13)17-6-2-1-3-14-5-6/h1-5H,13H2,(H,15,16). The molecule has 0 unspecified atom stereocenters. The minimum absolute atomic E-state index is 0.206. The first-order valence-electron chi connectivity index (χ1n) is 4.61. The number of hydrazine groups is 1. The van der Waals surface area contributed by atoms with Gasteiger partial charge in [0.2, 0.25) is 5.88 Å². The Hall–Kier alpha value is -1.56. The second kappa shape index (κ2) is 5.18. The van der Waals surface area contributed by atoms with Gasteiger partial charge in [-0.25, -0.2) is 5.84 Å². The highest BCUT2D eigenvalue weighted by Gasteiger charge is 2.10. The van der Waals surface area contributed by atoms with Gasteiger partial charge in [0.25, 0.3) is 0 Å². The zero-order valence-corrected chi connectivity index (χ0v) is 10.0. The Labute approximate surface area is 108 Å². The van der Waals surface area contributed by atoms with Gasteiger partial charge in [0.1, 0.15) is 10.8 Å². The van der Waals surface area contributed by atoms with E-state index in [0.717, 1.165) is 0 Å². The van der Waals surface area contributed by atoms with E-state index < -0.39 is 0 Å². The topological polar surface area (TPSA) is 73.1 Å². The molecule has 0 fully saturated rings. The molecule has 0 saturated heterocycles. The first kappa shape index (κ1) is 11.9. The fourth-order valence-electron chi connectivity index (χ4n) is 1.14. The molecule has 0 amide bonds. The van der Waals surface area contributed by atoms with E-state index in [9.17, 15) is 0 Å². The quantitative estimate of drug-likeness (QED) is 0.663. The van der Waals surface area contributed by atoms with Gasteiger partial charge in [-0.2, -0.15) is 4.98 Å². The predicted octanol–water partition coefficient (Wildman–Crippen LogP) is 2.86. The van der Waals surface area contributed by atoms with Crippen LogP contribution in [-0.2, 0) is 0 Å². The maximum absolute atomic E-state index is 5.95. The molecule has 0 aliphatic rings. The van der Waals surface area contributed by atoms with Crippen LogP contribution in [0.15, 0.2) is 30.6 Å². The van der Waals surface area contributed by atoms with Crippen molar-refractivity contribution in [3.8, 4) is 11.6 Å². The SMILES string of the molecule is NNc1nc(Oc2cccnc2)c(Cl)cc1Cl. The molecule has 0 aromatic carbocycles. The molecule has 17 heavy (non-hydrogen) atoms. The third-order valence-corrected chi connectivity index (χ3v) is 2.44. The number of aromatic nitrogens is 2. The van der Waals surface area contributed by atoms with Crippen LogP contribution >= 0.6 is 23.2 Å². The summed E-state index contributed by atoms with van der Waals surface area (Å²) in [7, 11) is 0. The fourth-order valence-corrected chi connectivity index (χ4v) is 1.59. The van der Waals surface area contributed by atoms with Crippen LogP contribution in [0, 0.1) is 0 Å². The Morgan fingerprint density at radius 3 is 2.76 bits per heavy atom. The number of hydrogen-bond acceptors (Lipinski definition) is 5. The van der Waals surface area contributed by atoms with Crippen LogP contribution in [-0.4, -0.2) is 9.97 Å². The second-order valence-electron chi connectivity index (χ2n) is 3.04. The minimum atomic E-state index is 0.206.